The molecule has 1 fully saturated rings. The van der Waals surface area contributed by atoms with Crippen LogP contribution in [0, 0.1) is 5.82 Å². The number of rotatable bonds is 3. The van der Waals surface area contributed by atoms with Gasteiger partial charge in [-0.15, -0.1) is 0 Å². The highest BCUT2D eigenvalue weighted by Gasteiger charge is 2.37. The first-order chi connectivity index (χ1) is 15.8. The maximum atomic E-state index is 14.5. The molecule has 2 aromatic rings. The van der Waals surface area contributed by atoms with E-state index in [1.54, 1.807) is 11.8 Å². The highest BCUT2D eigenvalue weighted by atomic mass is 19.1. The van der Waals surface area contributed by atoms with E-state index in [9.17, 15) is 19.1 Å². The van der Waals surface area contributed by atoms with E-state index >= 15 is 0 Å². The number of nitrogens with zero attached hydrogens (tertiary/aromatic N) is 4. The van der Waals surface area contributed by atoms with Crippen molar-refractivity contribution in [2.75, 3.05) is 36.9 Å². The summed E-state index contributed by atoms with van der Waals surface area (Å²) in [6.07, 6.45) is 2.75. The maximum absolute atomic E-state index is 14.5. The number of benzene rings is 1. The fourth-order valence-corrected chi connectivity index (χ4v) is 5.27. The van der Waals surface area contributed by atoms with Gasteiger partial charge in [0, 0.05) is 62.7 Å². The Morgan fingerprint density at radius 3 is 2.67 bits per heavy atom. The number of amides is 1. The van der Waals surface area contributed by atoms with Crippen molar-refractivity contribution in [2.45, 2.75) is 51.1 Å². The number of carboxylic acids is 1. The minimum absolute atomic E-state index is 0.00535. The molecule has 1 atom stereocenters. The summed E-state index contributed by atoms with van der Waals surface area (Å²) < 4.78 is 22.1. The van der Waals surface area contributed by atoms with Gasteiger partial charge in [0.15, 0.2) is 5.82 Å². The number of fused-ring (bicyclic) bond motifs is 2. The Kier molecular flexibility index (Phi) is 5.48. The number of carboxylic acid groups (broad SMARTS) is 1. The molecule has 3 aliphatic rings. The fraction of sp³-hybridized carbons (Fsp3) is 0.522. The molecule has 1 aromatic heterocycles. The lowest BCUT2D eigenvalue weighted by atomic mass is 9.89. The standard InChI is InChI=1S/C23H28FN5O4/c1-13(30)27-6-3-20-17(12-27)22(26-29(20)14-4-8-33-9-5-14)28-7-2-15(23(31)32)16-10-19(25)18(24)11-21(16)28/h10-11,14-15H,2-9,12,25H2,1H3,(H,31,32). The number of carbonyl (C=O) groups excluding carboxylic acids is 1. The molecule has 0 radical (unpaired) electrons. The number of aromatic nitrogens is 2. The zero-order chi connectivity index (χ0) is 23.3. The van der Waals surface area contributed by atoms with Gasteiger partial charge in [-0.3, -0.25) is 14.3 Å². The molecule has 5 rings (SSSR count). The predicted octanol–water partition coefficient (Wildman–Crippen LogP) is 2.57. The number of hydrogen-bond acceptors (Lipinski definition) is 6. The van der Waals surface area contributed by atoms with Gasteiger partial charge < -0.3 is 25.4 Å². The van der Waals surface area contributed by atoms with Crippen molar-refractivity contribution in [3.05, 3.63) is 34.8 Å². The smallest absolute Gasteiger partial charge is 0.311 e. The molecule has 0 aliphatic carbocycles. The molecule has 0 saturated carbocycles. The van der Waals surface area contributed by atoms with Gasteiger partial charge in [0.2, 0.25) is 5.91 Å². The lowest BCUT2D eigenvalue weighted by Crippen LogP contribution is -2.36. The van der Waals surface area contributed by atoms with E-state index in [0.29, 0.717) is 62.8 Å². The van der Waals surface area contributed by atoms with Crippen molar-refractivity contribution < 1.29 is 23.8 Å². The number of halogens is 1. The van der Waals surface area contributed by atoms with Gasteiger partial charge in [0.25, 0.3) is 0 Å². The molecule has 176 valence electrons. The van der Waals surface area contributed by atoms with E-state index in [0.717, 1.165) is 24.1 Å². The zero-order valence-electron chi connectivity index (χ0n) is 18.6. The third-order valence-corrected chi connectivity index (χ3v) is 7.05. The van der Waals surface area contributed by atoms with E-state index in [4.69, 9.17) is 15.6 Å². The van der Waals surface area contributed by atoms with Gasteiger partial charge in [-0.05, 0) is 30.9 Å². The van der Waals surface area contributed by atoms with E-state index in [1.807, 2.05) is 4.90 Å². The van der Waals surface area contributed by atoms with Crippen molar-refractivity contribution in [3.8, 4) is 0 Å². The predicted molar refractivity (Wildman–Crippen MR) is 119 cm³/mol. The first kappa shape index (κ1) is 21.7. The van der Waals surface area contributed by atoms with Crippen LogP contribution < -0.4 is 10.6 Å². The van der Waals surface area contributed by atoms with Crippen LogP contribution in [0.15, 0.2) is 12.1 Å². The minimum atomic E-state index is -0.959. The summed E-state index contributed by atoms with van der Waals surface area (Å²) in [6, 6.07) is 2.94. The van der Waals surface area contributed by atoms with E-state index in [-0.39, 0.29) is 17.6 Å². The minimum Gasteiger partial charge on any atom is -0.481 e. The zero-order valence-corrected chi connectivity index (χ0v) is 18.6. The van der Waals surface area contributed by atoms with Crippen LogP contribution in [0.25, 0.3) is 0 Å². The van der Waals surface area contributed by atoms with Crippen molar-refractivity contribution in [2.24, 2.45) is 0 Å². The average Bonchev–Trinajstić information content (AvgIpc) is 3.18. The normalized spacial score (nSPS) is 21.0. The van der Waals surface area contributed by atoms with Crippen molar-refractivity contribution in [1.82, 2.24) is 14.7 Å². The molecule has 1 saturated heterocycles. The third-order valence-electron chi connectivity index (χ3n) is 7.05. The molecule has 9 nitrogen and oxygen atoms in total. The summed E-state index contributed by atoms with van der Waals surface area (Å²) >= 11 is 0. The third kappa shape index (κ3) is 3.72. The first-order valence-electron chi connectivity index (χ1n) is 11.4. The molecule has 0 spiro atoms. The largest absolute Gasteiger partial charge is 0.481 e. The number of anilines is 3. The summed E-state index contributed by atoms with van der Waals surface area (Å²) in [5, 5.41) is 14.7. The molecular formula is C23H28FN5O4. The molecule has 10 heteroatoms. The van der Waals surface area contributed by atoms with E-state index in [1.165, 1.54) is 12.1 Å². The number of ether oxygens (including phenoxy) is 1. The SMILES string of the molecule is CC(=O)N1CCc2c(c(N3CCC(C(=O)O)c4cc(N)c(F)cc43)nn2C2CCOCC2)C1. The Bertz CT molecular complexity index is 1110. The fourth-order valence-electron chi connectivity index (χ4n) is 5.27. The molecule has 3 N–H and O–H groups in total. The quantitative estimate of drug-likeness (QED) is 0.681. The van der Waals surface area contributed by atoms with Gasteiger partial charge in [-0.2, -0.15) is 5.10 Å². The Morgan fingerprint density at radius 1 is 1.21 bits per heavy atom. The highest BCUT2D eigenvalue weighted by molar-refractivity contribution is 5.83. The van der Waals surface area contributed by atoms with Crippen LogP contribution in [0.2, 0.25) is 0 Å². The van der Waals surface area contributed by atoms with E-state index < -0.39 is 17.7 Å². The highest BCUT2D eigenvalue weighted by Crippen LogP contribution is 2.44. The molecule has 33 heavy (non-hydrogen) atoms. The molecule has 3 aliphatic heterocycles. The number of hydrogen-bond donors (Lipinski definition) is 2. The summed E-state index contributed by atoms with van der Waals surface area (Å²) in [4.78, 5) is 27.7. The second-order valence-corrected chi connectivity index (χ2v) is 8.99. The Morgan fingerprint density at radius 2 is 1.97 bits per heavy atom. The van der Waals surface area contributed by atoms with Crippen molar-refractivity contribution >= 4 is 29.1 Å². The molecule has 0 bridgehead atoms. The van der Waals surface area contributed by atoms with Crippen molar-refractivity contribution in [3.63, 3.8) is 0 Å². The van der Waals surface area contributed by atoms with Gasteiger partial charge in [-0.1, -0.05) is 0 Å². The van der Waals surface area contributed by atoms with Crippen molar-refractivity contribution in [1.29, 1.82) is 0 Å². The number of nitrogens with two attached hydrogens (primary N) is 1. The Labute approximate surface area is 190 Å². The molecular weight excluding hydrogens is 429 g/mol. The number of aliphatic carboxylic acids is 1. The topological polar surface area (TPSA) is 114 Å². The van der Waals surface area contributed by atoms with Crippen LogP contribution in [-0.2, 0) is 27.3 Å². The van der Waals surface area contributed by atoms with Crippen LogP contribution in [-0.4, -0.2) is 58.0 Å². The number of carbonyl (C=O) groups is 2. The maximum Gasteiger partial charge on any atom is 0.311 e. The molecule has 1 unspecified atom stereocenters. The summed E-state index contributed by atoms with van der Waals surface area (Å²) in [5.74, 6) is -1.65. The lowest BCUT2D eigenvalue weighted by Gasteiger charge is -2.35. The van der Waals surface area contributed by atoms with E-state index in [2.05, 4.69) is 4.68 Å². The average molecular weight is 458 g/mol. The second kappa shape index (κ2) is 8.33. The molecule has 1 aromatic carbocycles. The Hall–Kier alpha value is -3.14. The second-order valence-electron chi connectivity index (χ2n) is 8.99. The summed E-state index contributed by atoms with van der Waals surface area (Å²) in [6.45, 7) is 4.33. The van der Waals surface area contributed by atoms with Gasteiger partial charge in [-0.25, -0.2) is 4.39 Å². The van der Waals surface area contributed by atoms with Gasteiger partial charge in [0.05, 0.1) is 24.2 Å². The molecule has 1 amide bonds. The summed E-state index contributed by atoms with van der Waals surface area (Å²) in [5.41, 5.74) is 8.72. The van der Waals surface area contributed by atoms with Crippen LogP contribution in [0.5, 0.6) is 0 Å². The van der Waals surface area contributed by atoms with Crippen LogP contribution in [0.4, 0.5) is 21.6 Å². The summed E-state index contributed by atoms with van der Waals surface area (Å²) in [7, 11) is 0. The lowest BCUT2D eigenvalue weighted by molar-refractivity contribution is -0.139. The first-order valence-corrected chi connectivity index (χ1v) is 11.4. The monoisotopic (exact) mass is 457 g/mol. The van der Waals surface area contributed by atoms with Gasteiger partial charge in [0.1, 0.15) is 5.82 Å². The molecule has 4 heterocycles. The number of nitrogen functional groups attached to an aromatic ring is 1. The van der Waals surface area contributed by atoms with Crippen LogP contribution in [0.1, 0.15) is 55.0 Å². The van der Waals surface area contributed by atoms with Crippen LogP contribution >= 0.6 is 0 Å². The Balaban J connectivity index is 1.64. The van der Waals surface area contributed by atoms with Crippen LogP contribution in [0.3, 0.4) is 0 Å². The van der Waals surface area contributed by atoms with Gasteiger partial charge >= 0.3 is 5.97 Å².